The predicted molar refractivity (Wildman–Crippen MR) is 143 cm³/mol. The van der Waals surface area contributed by atoms with E-state index in [9.17, 15) is 14.4 Å². The summed E-state index contributed by atoms with van der Waals surface area (Å²) < 4.78 is 5.40. The minimum absolute atomic E-state index is 0.113. The second kappa shape index (κ2) is 17.9. The first-order valence-corrected chi connectivity index (χ1v) is 13.9. The number of carbonyl (C=O) groups excluding carboxylic acids is 3. The summed E-state index contributed by atoms with van der Waals surface area (Å²) in [6.45, 7) is 2.72. The number of carbonyl (C=O) groups is 3. The van der Waals surface area contributed by atoms with Gasteiger partial charge in [-0.05, 0) is 37.1 Å². The Morgan fingerprint density at radius 1 is 0.771 bits per heavy atom. The van der Waals surface area contributed by atoms with E-state index >= 15 is 0 Å². The molecule has 35 heavy (non-hydrogen) atoms. The molecule has 0 aliphatic heterocycles. The van der Waals surface area contributed by atoms with Crippen molar-refractivity contribution in [3.05, 3.63) is 41.6 Å². The zero-order valence-electron chi connectivity index (χ0n) is 21.7. The smallest absolute Gasteiger partial charge is 0.338 e. The first-order valence-electron chi connectivity index (χ1n) is 13.9. The van der Waals surface area contributed by atoms with Gasteiger partial charge in [-0.3, -0.25) is 9.59 Å². The molecular formula is C30H45NO4. The standard InChI is InChI=1S/C30H45NO4/c1-2-3-4-5-6-7-8-9-10-11-12-13-14-15-23-35-30(34)25-19-21-26(22-20-25)31-24-27-28(32)17-16-18-29(27)33/h19-22,24,31H,2-18,23H2,1H3. The molecule has 0 heterocycles. The lowest BCUT2D eigenvalue weighted by atomic mass is 9.93. The molecule has 0 radical (unpaired) electrons. The summed E-state index contributed by atoms with van der Waals surface area (Å²) >= 11 is 0. The van der Waals surface area contributed by atoms with Gasteiger partial charge < -0.3 is 10.1 Å². The van der Waals surface area contributed by atoms with Crippen molar-refractivity contribution < 1.29 is 19.1 Å². The number of ketones is 2. The maximum atomic E-state index is 12.2. The van der Waals surface area contributed by atoms with E-state index in [1.807, 2.05) is 0 Å². The maximum absolute atomic E-state index is 12.2. The number of benzene rings is 1. The van der Waals surface area contributed by atoms with Crippen LogP contribution < -0.4 is 5.32 Å². The fraction of sp³-hybridized carbons (Fsp3) is 0.633. The molecule has 0 saturated heterocycles. The van der Waals surface area contributed by atoms with E-state index in [0.29, 0.717) is 37.1 Å². The van der Waals surface area contributed by atoms with Crippen molar-refractivity contribution in [1.29, 1.82) is 0 Å². The van der Waals surface area contributed by atoms with Crippen LogP contribution in [0, 0.1) is 0 Å². The molecule has 1 saturated carbocycles. The number of anilines is 1. The van der Waals surface area contributed by atoms with Crippen molar-refractivity contribution in [3.8, 4) is 0 Å². The lowest BCUT2D eigenvalue weighted by Gasteiger charge is -2.12. The minimum atomic E-state index is -0.317. The topological polar surface area (TPSA) is 72.5 Å². The number of hydrogen-bond donors (Lipinski definition) is 1. The monoisotopic (exact) mass is 483 g/mol. The van der Waals surface area contributed by atoms with Gasteiger partial charge in [0.15, 0.2) is 11.6 Å². The molecule has 1 aliphatic rings. The van der Waals surface area contributed by atoms with Gasteiger partial charge in [0.1, 0.15) is 0 Å². The Balaban J connectivity index is 1.49. The normalized spacial score (nSPS) is 13.7. The summed E-state index contributed by atoms with van der Waals surface area (Å²) in [6, 6.07) is 6.88. The Kier molecular flexibility index (Phi) is 14.8. The third kappa shape index (κ3) is 12.2. The van der Waals surface area contributed by atoms with Crippen molar-refractivity contribution in [2.24, 2.45) is 0 Å². The number of ether oxygens (including phenoxy) is 1. The number of hydrogen-bond acceptors (Lipinski definition) is 5. The van der Waals surface area contributed by atoms with Gasteiger partial charge in [-0.1, -0.05) is 90.4 Å². The van der Waals surface area contributed by atoms with Gasteiger partial charge in [-0.15, -0.1) is 0 Å². The van der Waals surface area contributed by atoms with Crippen LogP contribution in [0.1, 0.15) is 126 Å². The third-order valence-electron chi connectivity index (χ3n) is 6.64. The Labute approximate surface area is 212 Å². The highest BCUT2D eigenvalue weighted by Crippen LogP contribution is 2.18. The fourth-order valence-electron chi connectivity index (χ4n) is 4.40. The van der Waals surface area contributed by atoms with E-state index < -0.39 is 0 Å². The second-order valence-electron chi connectivity index (χ2n) is 9.71. The van der Waals surface area contributed by atoms with Crippen LogP contribution in [0.4, 0.5) is 5.69 Å². The summed E-state index contributed by atoms with van der Waals surface area (Å²) in [7, 11) is 0. The minimum Gasteiger partial charge on any atom is -0.462 e. The van der Waals surface area contributed by atoms with Crippen molar-refractivity contribution in [3.63, 3.8) is 0 Å². The summed E-state index contributed by atoms with van der Waals surface area (Å²) in [5, 5.41) is 2.99. The van der Waals surface area contributed by atoms with E-state index in [2.05, 4.69) is 12.2 Å². The second-order valence-corrected chi connectivity index (χ2v) is 9.71. The molecule has 0 amide bonds. The molecule has 1 fully saturated rings. The largest absolute Gasteiger partial charge is 0.462 e. The summed E-state index contributed by atoms with van der Waals surface area (Å²) in [5.74, 6) is -0.544. The van der Waals surface area contributed by atoms with Gasteiger partial charge >= 0.3 is 5.97 Å². The zero-order valence-corrected chi connectivity index (χ0v) is 21.7. The van der Waals surface area contributed by atoms with Gasteiger partial charge in [0, 0.05) is 24.7 Å². The van der Waals surface area contributed by atoms with E-state index in [0.717, 1.165) is 12.8 Å². The van der Waals surface area contributed by atoms with Crippen molar-refractivity contribution in [2.45, 2.75) is 116 Å². The molecule has 1 N–H and O–H groups in total. The molecule has 0 bridgehead atoms. The number of allylic oxidation sites excluding steroid dienone is 1. The van der Waals surface area contributed by atoms with Crippen LogP contribution in [-0.2, 0) is 14.3 Å². The Morgan fingerprint density at radius 3 is 1.77 bits per heavy atom. The quantitative estimate of drug-likeness (QED) is 0.0992. The highest BCUT2D eigenvalue weighted by molar-refractivity contribution is 6.21. The van der Waals surface area contributed by atoms with Gasteiger partial charge in [-0.2, -0.15) is 0 Å². The predicted octanol–water partition coefficient (Wildman–Crippen LogP) is 7.94. The molecule has 0 aromatic heterocycles. The number of nitrogens with one attached hydrogen (secondary N) is 1. The Bertz CT molecular complexity index is 779. The molecular weight excluding hydrogens is 438 g/mol. The van der Waals surface area contributed by atoms with Crippen LogP contribution in [0.2, 0.25) is 0 Å². The van der Waals surface area contributed by atoms with E-state index in [4.69, 9.17) is 4.74 Å². The lowest BCUT2D eigenvalue weighted by Crippen LogP contribution is -2.19. The van der Waals surface area contributed by atoms with E-state index in [1.54, 1.807) is 24.3 Å². The Hall–Kier alpha value is -2.43. The van der Waals surface area contributed by atoms with Gasteiger partial charge in [0.05, 0.1) is 17.7 Å². The summed E-state index contributed by atoms with van der Waals surface area (Å²) in [5.41, 5.74) is 1.44. The number of rotatable bonds is 18. The number of esters is 1. The molecule has 0 spiro atoms. The highest BCUT2D eigenvalue weighted by Gasteiger charge is 2.22. The average molecular weight is 484 g/mol. The fourth-order valence-corrected chi connectivity index (χ4v) is 4.40. The van der Waals surface area contributed by atoms with Crippen LogP contribution >= 0.6 is 0 Å². The number of Topliss-reactive ketones (excluding diaryl/α,β-unsaturated/α-hetero) is 2. The lowest BCUT2D eigenvalue weighted by molar-refractivity contribution is -0.123. The molecule has 1 aliphatic carbocycles. The third-order valence-corrected chi connectivity index (χ3v) is 6.64. The molecule has 5 heteroatoms. The van der Waals surface area contributed by atoms with Crippen LogP contribution in [0.25, 0.3) is 0 Å². The van der Waals surface area contributed by atoms with Crippen LogP contribution in [0.5, 0.6) is 0 Å². The highest BCUT2D eigenvalue weighted by atomic mass is 16.5. The van der Waals surface area contributed by atoms with Crippen molar-refractivity contribution in [1.82, 2.24) is 0 Å². The summed E-state index contributed by atoms with van der Waals surface area (Å²) in [4.78, 5) is 36.0. The SMILES string of the molecule is CCCCCCCCCCCCCCCCOC(=O)c1ccc(NC=C2C(=O)CCCC2=O)cc1. The van der Waals surface area contributed by atoms with E-state index in [-0.39, 0.29) is 23.1 Å². The molecule has 2 rings (SSSR count). The molecule has 0 atom stereocenters. The maximum Gasteiger partial charge on any atom is 0.338 e. The Morgan fingerprint density at radius 2 is 1.26 bits per heavy atom. The number of unbranched alkanes of at least 4 members (excludes halogenated alkanes) is 13. The van der Waals surface area contributed by atoms with Crippen molar-refractivity contribution >= 4 is 23.2 Å². The average Bonchev–Trinajstić information content (AvgIpc) is 2.86. The van der Waals surface area contributed by atoms with Crippen LogP contribution in [0.15, 0.2) is 36.0 Å². The summed E-state index contributed by atoms with van der Waals surface area (Å²) in [6.07, 6.45) is 21.2. The van der Waals surface area contributed by atoms with Crippen LogP contribution in [0.3, 0.4) is 0 Å². The first kappa shape index (κ1) is 28.8. The first-order chi connectivity index (χ1) is 17.1. The molecule has 194 valence electrons. The van der Waals surface area contributed by atoms with Gasteiger partial charge in [0.2, 0.25) is 0 Å². The zero-order chi connectivity index (χ0) is 25.1. The molecule has 0 unspecified atom stereocenters. The molecule has 1 aromatic carbocycles. The molecule has 5 nitrogen and oxygen atoms in total. The van der Waals surface area contributed by atoms with Crippen molar-refractivity contribution in [2.75, 3.05) is 11.9 Å². The molecule has 1 aromatic rings. The van der Waals surface area contributed by atoms with Gasteiger partial charge in [0.25, 0.3) is 0 Å². The van der Waals surface area contributed by atoms with Crippen LogP contribution in [-0.4, -0.2) is 24.1 Å². The van der Waals surface area contributed by atoms with Gasteiger partial charge in [-0.25, -0.2) is 4.79 Å². The van der Waals surface area contributed by atoms with E-state index in [1.165, 1.54) is 83.2 Å².